The molecule has 8 nitrogen and oxygen atoms in total. The van der Waals surface area contributed by atoms with E-state index in [2.05, 4.69) is 6.07 Å². The molecule has 1 atom stereocenters. The van der Waals surface area contributed by atoms with Crippen molar-refractivity contribution in [2.24, 2.45) is 0 Å². The predicted octanol–water partition coefficient (Wildman–Crippen LogP) is 1.79. The molecule has 0 radical (unpaired) electrons. The number of carbonyl (C=O) groups excluding carboxylic acids is 1. The highest BCUT2D eigenvalue weighted by molar-refractivity contribution is 5.78. The van der Waals surface area contributed by atoms with E-state index in [1.807, 2.05) is 30.9 Å². The van der Waals surface area contributed by atoms with E-state index < -0.39 is 0 Å². The first kappa shape index (κ1) is 24.1. The highest BCUT2D eigenvalue weighted by atomic mass is 16.5. The molecule has 1 amide bonds. The van der Waals surface area contributed by atoms with Gasteiger partial charge in [-0.05, 0) is 38.5 Å². The highest BCUT2D eigenvalue weighted by Gasteiger charge is 2.39. The number of aliphatic hydroxyl groups excluding tert-OH is 2. The number of hydrogen-bond acceptors (Lipinski definition) is 7. The topological polar surface area (TPSA) is 112 Å². The van der Waals surface area contributed by atoms with E-state index in [-0.39, 0.29) is 30.8 Å². The van der Waals surface area contributed by atoms with Crippen LogP contribution in [0.15, 0.2) is 18.2 Å². The number of nitrogens with zero attached hydrogens (tertiary/aromatic N) is 2. The summed E-state index contributed by atoms with van der Waals surface area (Å²) in [6.45, 7) is 6.62. The van der Waals surface area contributed by atoms with Crippen molar-refractivity contribution in [2.75, 3.05) is 46.2 Å². The first-order valence-electron chi connectivity index (χ1n) is 10.3. The summed E-state index contributed by atoms with van der Waals surface area (Å²) in [7, 11) is 0. The molecule has 2 aliphatic heterocycles. The van der Waals surface area contributed by atoms with Crippen molar-refractivity contribution < 1.29 is 29.2 Å². The number of amides is 1. The fourth-order valence-corrected chi connectivity index (χ4v) is 3.61. The van der Waals surface area contributed by atoms with E-state index in [9.17, 15) is 4.79 Å². The van der Waals surface area contributed by atoms with E-state index >= 15 is 0 Å². The standard InChI is InChI=1S/C16H18N2O2.C6H14O4/c1-16(2)9-13(18-7-3-4-15(18)19)12-8-11(10-17)5-6-14(12)20-16;7-1-3-9-5-6-10-4-2-8/h5-6,8,13H,3-4,7,9H2,1-2H3;7-8H,1-6H2. The highest BCUT2D eigenvalue weighted by Crippen LogP contribution is 2.44. The fourth-order valence-electron chi connectivity index (χ4n) is 3.61. The Morgan fingerprint density at radius 3 is 2.40 bits per heavy atom. The molecule has 1 fully saturated rings. The third kappa shape index (κ3) is 6.96. The van der Waals surface area contributed by atoms with Crippen LogP contribution in [0.3, 0.4) is 0 Å². The number of carbonyl (C=O) groups is 1. The lowest BCUT2D eigenvalue weighted by Gasteiger charge is -2.41. The zero-order valence-corrected chi connectivity index (χ0v) is 17.8. The van der Waals surface area contributed by atoms with Gasteiger partial charge in [0.05, 0.1) is 57.3 Å². The Bertz CT molecular complexity index is 723. The second-order valence-corrected chi connectivity index (χ2v) is 7.81. The number of hydrogen-bond donors (Lipinski definition) is 2. The maximum Gasteiger partial charge on any atom is 0.223 e. The summed E-state index contributed by atoms with van der Waals surface area (Å²) in [5.74, 6) is 1.01. The lowest BCUT2D eigenvalue weighted by Crippen LogP contribution is -2.42. The molecular formula is C22H32N2O6. The van der Waals surface area contributed by atoms with E-state index in [4.69, 9.17) is 29.7 Å². The van der Waals surface area contributed by atoms with Gasteiger partial charge >= 0.3 is 0 Å². The van der Waals surface area contributed by atoms with Crippen molar-refractivity contribution in [1.82, 2.24) is 4.90 Å². The Kier molecular flexibility index (Phi) is 9.53. The first-order valence-corrected chi connectivity index (χ1v) is 10.3. The molecule has 0 spiro atoms. The van der Waals surface area contributed by atoms with Crippen molar-refractivity contribution in [3.05, 3.63) is 29.3 Å². The molecule has 30 heavy (non-hydrogen) atoms. The molecular weight excluding hydrogens is 388 g/mol. The van der Waals surface area contributed by atoms with Gasteiger partial charge in [0.2, 0.25) is 5.91 Å². The van der Waals surface area contributed by atoms with E-state index in [1.165, 1.54) is 0 Å². The van der Waals surface area contributed by atoms with Gasteiger partial charge in [-0.15, -0.1) is 0 Å². The molecule has 2 N–H and O–H groups in total. The summed E-state index contributed by atoms with van der Waals surface area (Å²) in [6, 6.07) is 7.66. The lowest BCUT2D eigenvalue weighted by molar-refractivity contribution is -0.131. The first-order chi connectivity index (χ1) is 14.4. The Morgan fingerprint density at radius 1 is 1.20 bits per heavy atom. The Balaban J connectivity index is 0.000000274. The van der Waals surface area contributed by atoms with Gasteiger partial charge in [-0.1, -0.05) is 0 Å². The number of benzene rings is 1. The van der Waals surface area contributed by atoms with Crippen molar-refractivity contribution in [3.8, 4) is 11.8 Å². The van der Waals surface area contributed by atoms with Gasteiger partial charge in [0.1, 0.15) is 11.4 Å². The van der Waals surface area contributed by atoms with Gasteiger partial charge < -0.3 is 29.3 Å². The van der Waals surface area contributed by atoms with Gasteiger partial charge in [0.15, 0.2) is 0 Å². The van der Waals surface area contributed by atoms with Crippen LogP contribution in [0, 0.1) is 11.3 Å². The molecule has 0 aromatic heterocycles. The van der Waals surface area contributed by atoms with Gasteiger partial charge in [-0.2, -0.15) is 5.26 Å². The molecule has 1 aromatic carbocycles. The van der Waals surface area contributed by atoms with Crippen LogP contribution in [-0.4, -0.2) is 72.8 Å². The van der Waals surface area contributed by atoms with E-state index in [0.29, 0.717) is 38.4 Å². The normalized spacial score (nSPS) is 19.4. The third-order valence-electron chi connectivity index (χ3n) is 4.90. The minimum absolute atomic E-state index is 0.0250. The quantitative estimate of drug-likeness (QED) is 0.617. The Hall–Kier alpha value is -2.18. The summed E-state index contributed by atoms with van der Waals surface area (Å²) >= 11 is 0. The second-order valence-electron chi connectivity index (χ2n) is 7.81. The van der Waals surface area contributed by atoms with Crippen LogP contribution in [0.1, 0.15) is 50.3 Å². The fraction of sp³-hybridized carbons (Fsp3) is 0.636. The van der Waals surface area contributed by atoms with Crippen LogP contribution in [0.2, 0.25) is 0 Å². The minimum atomic E-state index is -0.297. The number of fused-ring (bicyclic) bond motifs is 1. The van der Waals surface area contributed by atoms with Gasteiger partial charge in [-0.25, -0.2) is 0 Å². The van der Waals surface area contributed by atoms with Gasteiger partial charge in [0.25, 0.3) is 0 Å². The van der Waals surface area contributed by atoms with Crippen LogP contribution in [0.5, 0.6) is 5.75 Å². The second kappa shape index (κ2) is 11.9. The van der Waals surface area contributed by atoms with Crippen LogP contribution in [0.4, 0.5) is 0 Å². The maximum absolute atomic E-state index is 12.1. The van der Waals surface area contributed by atoms with Crippen LogP contribution in [-0.2, 0) is 14.3 Å². The van der Waals surface area contributed by atoms with E-state index in [0.717, 1.165) is 30.7 Å². The maximum atomic E-state index is 12.1. The van der Waals surface area contributed by atoms with Crippen LogP contribution in [0.25, 0.3) is 0 Å². The third-order valence-corrected chi connectivity index (χ3v) is 4.90. The summed E-state index contributed by atoms with van der Waals surface area (Å²) in [5, 5.41) is 25.6. The molecule has 0 aliphatic carbocycles. The van der Waals surface area contributed by atoms with Gasteiger partial charge in [0, 0.05) is 24.9 Å². The van der Waals surface area contributed by atoms with Crippen LogP contribution >= 0.6 is 0 Å². The van der Waals surface area contributed by atoms with Crippen molar-refractivity contribution in [2.45, 2.75) is 44.8 Å². The van der Waals surface area contributed by atoms with Crippen LogP contribution < -0.4 is 4.74 Å². The van der Waals surface area contributed by atoms with E-state index in [1.54, 1.807) is 6.07 Å². The zero-order valence-electron chi connectivity index (χ0n) is 17.8. The molecule has 2 heterocycles. The number of rotatable bonds is 8. The Morgan fingerprint density at radius 2 is 1.87 bits per heavy atom. The molecule has 2 aliphatic rings. The lowest BCUT2D eigenvalue weighted by atomic mass is 9.88. The smallest absolute Gasteiger partial charge is 0.223 e. The number of nitriles is 1. The molecule has 166 valence electrons. The SMILES string of the molecule is CC1(C)CC(N2CCCC2=O)c2cc(C#N)ccc2O1.OCCOCCOCCO. The van der Waals surface area contributed by atoms with Gasteiger partial charge in [-0.3, -0.25) is 4.79 Å². The monoisotopic (exact) mass is 420 g/mol. The molecule has 3 rings (SSSR count). The van der Waals surface area contributed by atoms with Crippen molar-refractivity contribution in [3.63, 3.8) is 0 Å². The molecule has 0 saturated carbocycles. The number of aliphatic hydroxyl groups is 2. The summed E-state index contributed by atoms with van der Waals surface area (Å²) in [6.07, 6.45) is 2.32. The molecule has 0 bridgehead atoms. The molecule has 1 saturated heterocycles. The molecule has 1 aromatic rings. The predicted molar refractivity (Wildman–Crippen MR) is 110 cm³/mol. The minimum Gasteiger partial charge on any atom is -0.487 e. The average molecular weight is 421 g/mol. The summed E-state index contributed by atoms with van der Waals surface area (Å²) < 4.78 is 15.7. The van der Waals surface area contributed by atoms with Crippen molar-refractivity contribution in [1.29, 1.82) is 5.26 Å². The number of likely N-dealkylation sites (tertiary alicyclic amines) is 1. The largest absolute Gasteiger partial charge is 0.487 e. The molecule has 1 unspecified atom stereocenters. The molecule has 8 heteroatoms. The summed E-state index contributed by atoms with van der Waals surface area (Å²) in [5.41, 5.74) is 1.29. The number of ether oxygens (including phenoxy) is 3. The Labute approximate surface area is 178 Å². The summed E-state index contributed by atoms with van der Waals surface area (Å²) in [4.78, 5) is 14.0. The van der Waals surface area contributed by atoms with Crippen molar-refractivity contribution >= 4 is 5.91 Å². The zero-order chi connectivity index (χ0) is 22.0. The average Bonchev–Trinajstić information content (AvgIpc) is 3.15.